The molecule has 0 bridgehead atoms. The fourth-order valence-electron chi connectivity index (χ4n) is 3.03. The van der Waals surface area contributed by atoms with Crippen LogP contribution in [0.15, 0.2) is 78.9 Å². The van der Waals surface area contributed by atoms with Gasteiger partial charge in [-0.25, -0.2) is 5.09 Å². The molecular weight excluding hydrogens is 381 g/mol. The third kappa shape index (κ3) is 4.26. The van der Waals surface area contributed by atoms with Crippen molar-refractivity contribution in [2.75, 3.05) is 6.61 Å². The summed E-state index contributed by atoms with van der Waals surface area (Å²) in [5.74, 6) is 1.35. The van der Waals surface area contributed by atoms with E-state index in [1.165, 1.54) is 0 Å². The maximum atomic E-state index is 13.3. The van der Waals surface area contributed by atoms with E-state index in [2.05, 4.69) is 5.09 Å². The molecule has 27 heavy (non-hydrogen) atoms. The van der Waals surface area contributed by atoms with Crippen molar-refractivity contribution in [2.45, 2.75) is 12.5 Å². The highest BCUT2D eigenvalue weighted by molar-refractivity contribution is 7.65. The molecule has 138 valence electrons. The van der Waals surface area contributed by atoms with Gasteiger partial charge in [0.25, 0.3) is 7.52 Å². The fourth-order valence-corrected chi connectivity index (χ4v) is 5.12. The average molecular weight is 400 g/mol. The molecule has 0 saturated carbocycles. The van der Waals surface area contributed by atoms with E-state index in [0.717, 1.165) is 12.0 Å². The Morgan fingerprint density at radius 1 is 0.926 bits per heavy atom. The highest BCUT2D eigenvalue weighted by Crippen LogP contribution is 2.48. The van der Waals surface area contributed by atoms with Crippen LogP contribution in [0.4, 0.5) is 0 Å². The van der Waals surface area contributed by atoms with Crippen LogP contribution in [0.3, 0.4) is 0 Å². The van der Waals surface area contributed by atoms with Gasteiger partial charge in [0.05, 0.1) is 11.9 Å². The Morgan fingerprint density at radius 3 is 2.22 bits per heavy atom. The number of ether oxygens (including phenoxy) is 1. The van der Waals surface area contributed by atoms with Crippen LogP contribution in [0, 0.1) is 0 Å². The molecule has 3 aromatic carbocycles. The molecule has 1 saturated heterocycles. The minimum Gasteiger partial charge on any atom is -0.457 e. The largest absolute Gasteiger partial charge is 0.457 e. The maximum absolute atomic E-state index is 13.3. The second kappa shape index (κ2) is 7.87. The predicted octanol–water partition coefficient (Wildman–Crippen LogP) is 5.70. The van der Waals surface area contributed by atoms with Gasteiger partial charge in [-0.1, -0.05) is 41.9 Å². The highest BCUT2D eigenvalue weighted by Gasteiger charge is 2.34. The molecule has 0 spiro atoms. The van der Waals surface area contributed by atoms with Crippen molar-refractivity contribution in [3.63, 3.8) is 0 Å². The molecule has 4 rings (SSSR count). The number of hydrogen-bond acceptors (Lipinski definition) is 3. The molecule has 1 N–H and O–H groups in total. The van der Waals surface area contributed by atoms with Crippen molar-refractivity contribution in [1.82, 2.24) is 5.09 Å². The summed E-state index contributed by atoms with van der Waals surface area (Å²) in [6, 6.07) is 24.3. The average Bonchev–Trinajstić information content (AvgIpc) is 2.71. The lowest BCUT2D eigenvalue weighted by molar-refractivity contribution is 0.257. The molecule has 1 aliphatic rings. The maximum Gasteiger partial charge on any atom is 0.300 e. The molecule has 0 aromatic heterocycles. The van der Waals surface area contributed by atoms with E-state index < -0.39 is 7.52 Å². The van der Waals surface area contributed by atoms with Crippen LogP contribution in [0.5, 0.6) is 11.5 Å². The Morgan fingerprint density at radius 2 is 1.56 bits per heavy atom. The van der Waals surface area contributed by atoms with Gasteiger partial charge in [-0.3, -0.25) is 4.57 Å². The number of rotatable bonds is 4. The van der Waals surface area contributed by atoms with E-state index >= 15 is 0 Å². The topological polar surface area (TPSA) is 47.6 Å². The van der Waals surface area contributed by atoms with E-state index in [1.807, 2.05) is 30.3 Å². The summed E-state index contributed by atoms with van der Waals surface area (Å²) in [7, 11) is -3.12. The van der Waals surface area contributed by atoms with Crippen molar-refractivity contribution in [2.24, 2.45) is 0 Å². The van der Waals surface area contributed by atoms with Crippen LogP contribution in [0.2, 0.25) is 5.02 Å². The normalized spacial score (nSPS) is 22.3. The Hall–Kier alpha value is -2.10. The van der Waals surface area contributed by atoms with Gasteiger partial charge >= 0.3 is 0 Å². The molecule has 1 aliphatic heterocycles. The number of nitrogens with one attached hydrogen (secondary N) is 1. The molecule has 1 fully saturated rings. The van der Waals surface area contributed by atoms with Crippen LogP contribution < -0.4 is 15.1 Å². The first-order chi connectivity index (χ1) is 13.1. The zero-order valence-corrected chi connectivity index (χ0v) is 16.2. The molecule has 4 nitrogen and oxygen atoms in total. The lowest BCUT2D eigenvalue weighted by Gasteiger charge is -2.31. The molecule has 1 heterocycles. The minimum absolute atomic E-state index is 0.00998. The second-order valence-electron chi connectivity index (χ2n) is 6.32. The van der Waals surface area contributed by atoms with Gasteiger partial charge in [0.15, 0.2) is 0 Å². The molecular formula is C21H19ClNO3P. The van der Waals surface area contributed by atoms with Crippen LogP contribution in [0.1, 0.15) is 18.0 Å². The molecule has 0 amide bonds. The van der Waals surface area contributed by atoms with Gasteiger partial charge in [0.2, 0.25) is 0 Å². The van der Waals surface area contributed by atoms with Crippen LogP contribution >= 0.6 is 19.1 Å². The number of benzene rings is 3. The van der Waals surface area contributed by atoms with E-state index in [-0.39, 0.29) is 6.04 Å². The fraction of sp³-hybridized carbons (Fsp3) is 0.143. The van der Waals surface area contributed by atoms with E-state index in [9.17, 15) is 4.57 Å². The third-order valence-electron chi connectivity index (χ3n) is 4.43. The summed E-state index contributed by atoms with van der Waals surface area (Å²) in [5.41, 5.74) is 1.11. The first-order valence-electron chi connectivity index (χ1n) is 8.74. The molecule has 2 atom stereocenters. The number of hydrogen-bond donors (Lipinski definition) is 1. The quantitative estimate of drug-likeness (QED) is 0.571. The zero-order chi connectivity index (χ0) is 18.7. The van der Waals surface area contributed by atoms with Crippen LogP contribution in [0.25, 0.3) is 0 Å². The van der Waals surface area contributed by atoms with Gasteiger partial charge in [-0.05, 0) is 60.5 Å². The third-order valence-corrected chi connectivity index (χ3v) is 6.86. The Labute approximate surface area is 163 Å². The summed E-state index contributed by atoms with van der Waals surface area (Å²) in [4.78, 5) is 0. The van der Waals surface area contributed by atoms with E-state index in [4.69, 9.17) is 20.9 Å². The zero-order valence-electron chi connectivity index (χ0n) is 14.5. The molecule has 3 aromatic rings. The van der Waals surface area contributed by atoms with Crippen molar-refractivity contribution in [3.05, 3.63) is 89.4 Å². The van der Waals surface area contributed by atoms with Gasteiger partial charge in [0, 0.05) is 11.1 Å². The minimum atomic E-state index is -3.12. The van der Waals surface area contributed by atoms with E-state index in [1.54, 1.807) is 48.5 Å². The first kappa shape index (κ1) is 18.3. The van der Waals surface area contributed by atoms with Crippen molar-refractivity contribution < 1.29 is 13.8 Å². The summed E-state index contributed by atoms with van der Waals surface area (Å²) >= 11 is 5.89. The number of halogens is 1. The van der Waals surface area contributed by atoms with Crippen molar-refractivity contribution in [1.29, 1.82) is 0 Å². The first-order valence-corrected chi connectivity index (χ1v) is 10.7. The summed E-state index contributed by atoms with van der Waals surface area (Å²) in [5, 5.41) is 4.50. The molecule has 6 heteroatoms. The molecule has 0 aliphatic carbocycles. The highest BCUT2D eigenvalue weighted by atomic mass is 35.5. The predicted molar refractivity (Wildman–Crippen MR) is 108 cm³/mol. The van der Waals surface area contributed by atoms with Gasteiger partial charge in [-0.15, -0.1) is 0 Å². The standard InChI is InChI=1S/C21H19ClNO3P/c22-17-6-8-18(9-7-17)26-19-10-12-20(13-11-19)27(24)23-21(14-15-25-27)16-4-2-1-3-5-16/h1-13,21H,14-15H2,(H,23,24). The summed E-state index contributed by atoms with van der Waals surface area (Å²) in [6.07, 6.45) is 0.783. The molecule has 0 radical (unpaired) electrons. The SMILES string of the molecule is O=P1(c2ccc(Oc3ccc(Cl)cc3)cc2)NC(c2ccccc2)CCO1. The second-order valence-corrected chi connectivity index (χ2v) is 8.89. The van der Waals surface area contributed by atoms with Gasteiger partial charge in [0.1, 0.15) is 11.5 Å². The van der Waals surface area contributed by atoms with Crippen molar-refractivity contribution >= 4 is 24.4 Å². The van der Waals surface area contributed by atoms with Gasteiger partial charge in [-0.2, -0.15) is 0 Å². The van der Waals surface area contributed by atoms with Crippen LogP contribution in [-0.2, 0) is 9.09 Å². The van der Waals surface area contributed by atoms with Crippen molar-refractivity contribution in [3.8, 4) is 11.5 Å². The Bertz CT molecular complexity index is 945. The van der Waals surface area contributed by atoms with E-state index in [0.29, 0.717) is 28.4 Å². The monoisotopic (exact) mass is 399 g/mol. The van der Waals surface area contributed by atoms with Gasteiger partial charge < -0.3 is 9.26 Å². The lowest BCUT2D eigenvalue weighted by Crippen LogP contribution is -2.31. The summed E-state index contributed by atoms with van der Waals surface area (Å²) in [6.45, 7) is 0.451. The molecule has 2 unspecified atom stereocenters. The van der Waals surface area contributed by atoms with Crippen LogP contribution in [-0.4, -0.2) is 6.61 Å². The Balaban J connectivity index is 1.50. The smallest absolute Gasteiger partial charge is 0.300 e. The Kier molecular flexibility index (Phi) is 5.33. The lowest BCUT2D eigenvalue weighted by atomic mass is 10.1. The summed E-state index contributed by atoms with van der Waals surface area (Å²) < 4.78 is 24.8.